The molecule has 0 bridgehead atoms. The van der Waals surface area contributed by atoms with E-state index < -0.39 is 49.4 Å². The highest BCUT2D eigenvalue weighted by molar-refractivity contribution is 9.11. The first-order chi connectivity index (χ1) is 20.1. The first-order valence-electron chi connectivity index (χ1n) is 14.0. The molecule has 2 aromatic rings. The van der Waals surface area contributed by atoms with Crippen LogP contribution in [-0.2, 0) is 23.4 Å². The van der Waals surface area contributed by atoms with Crippen LogP contribution in [0.3, 0.4) is 0 Å². The van der Waals surface area contributed by atoms with E-state index in [4.69, 9.17) is 18.5 Å². The standard InChI is InChI=1S/C28H37BrN3O9P/c1-18(2)25(27(35)39-20-9-5-3-6-10-20)31-42(37,41-21-11-7-4-8-12-21)38-17-23-22(33)15-24(40-23)32-16-19(13-14-29)26(34)30-28(32)36/h4,7-8,11-14,16,18,20,22-25,33H,3,5-6,9-10,15,17H2,1-2H3,(H,31,37)(H,30,34,36)/t22?,23?,24?,25-,42?/m0/s1. The number of carbonyl (C=O) groups excluding carboxylic acids is 1. The topological polar surface area (TPSA) is 158 Å². The van der Waals surface area contributed by atoms with Gasteiger partial charge in [0.15, 0.2) is 0 Å². The zero-order chi connectivity index (χ0) is 30.3. The third-order valence-electron chi connectivity index (χ3n) is 7.18. The number of aliphatic hydroxyl groups excluding tert-OH is 1. The van der Waals surface area contributed by atoms with Gasteiger partial charge in [0.2, 0.25) is 0 Å². The number of nitrogens with one attached hydrogen (secondary N) is 2. The minimum Gasteiger partial charge on any atom is -0.461 e. The summed E-state index contributed by atoms with van der Waals surface area (Å²) in [5.74, 6) is -0.611. The Bertz CT molecular complexity index is 1390. The number of halogens is 1. The van der Waals surface area contributed by atoms with Crippen molar-refractivity contribution < 1.29 is 33.0 Å². The van der Waals surface area contributed by atoms with Gasteiger partial charge in [-0.25, -0.2) is 9.36 Å². The Kier molecular flexibility index (Phi) is 11.4. The summed E-state index contributed by atoms with van der Waals surface area (Å²) in [5.41, 5.74) is -1.08. The van der Waals surface area contributed by atoms with Crippen LogP contribution < -0.4 is 20.9 Å². The van der Waals surface area contributed by atoms with Gasteiger partial charge < -0.3 is 19.1 Å². The van der Waals surface area contributed by atoms with Crippen molar-refractivity contribution in [1.82, 2.24) is 14.6 Å². The number of ether oxygens (including phenoxy) is 2. The maximum atomic E-state index is 14.1. The quantitative estimate of drug-likeness (QED) is 0.220. The van der Waals surface area contributed by atoms with Crippen LogP contribution in [0.4, 0.5) is 0 Å². The van der Waals surface area contributed by atoms with E-state index in [-0.39, 0.29) is 36.4 Å². The summed E-state index contributed by atoms with van der Waals surface area (Å²) >= 11 is 3.11. The minimum absolute atomic E-state index is 0.0110. The fourth-order valence-corrected chi connectivity index (χ4v) is 6.84. The van der Waals surface area contributed by atoms with Gasteiger partial charge in [-0.15, -0.1) is 0 Å². The van der Waals surface area contributed by atoms with Gasteiger partial charge in [0.25, 0.3) is 5.56 Å². The summed E-state index contributed by atoms with van der Waals surface area (Å²) in [4.78, 5) is 41.4. The van der Waals surface area contributed by atoms with Crippen molar-refractivity contribution in [2.75, 3.05) is 6.61 Å². The number of H-pyrrole nitrogens is 1. The van der Waals surface area contributed by atoms with Gasteiger partial charge in [0, 0.05) is 12.6 Å². The minimum atomic E-state index is -4.23. The van der Waals surface area contributed by atoms with E-state index in [0.717, 1.165) is 32.1 Å². The van der Waals surface area contributed by atoms with Gasteiger partial charge in [-0.1, -0.05) is 54.4 Å². The molecule has 2 aliphatic rings. The molecule has 1 saturated carbocycles. The highest BCUT2D eigenvalue weighted by Crippen LogP contribution is 2.46. The predicted octanol–water partition coefficient (Wildman–Crippen LogP) is 4.24. The average Bonchev–Trinajstić information content (AvgIpc) is 3.33. The molecule has 0 spiro atoms. The molecule has 0 radical (unpaired) electrons. The van der Waals surface area contributed by atoms with Crippen molar-refractivity contribution in [3.63, 3.8) is 0 Å². The van der Waals surface area contributed by atoms with Crippen molar-refractivity contribution in [3.8, 4) is 5.75 Å². The molecule has 1 saturated heterocycles. The SMILES string of the molecule is CC(C)[C@H](NP(=O)(OCC1OC(n2cc(C=CBr)c(=O)[nH]c2=O)CC1O)Oc1ccccc1)C(=O)OC1CCCCC1. The summed E-state index contributed by atoms with van der Waals surface area (Å²) in [6, 6.07) is 7.37. The van der Waals surface area contributed by atoms with Crippen LogP contribution >= 0.6 is 23.7 Å². The molecule has 5 atom stereocenters. The second-order valence-corrected chi connectivity index (χ2v) is 12.9. The maximum Gasteiger partial charge on any atom is 0.459 e. The normalized spacial score (nSPS) is 23.6. The van der Waals surface area contributed by atoms with E-state index in [1.807, 2.05) is 0 Å². The molecule has 1 aromatic carbocycles. The Morgan fingerprint density at radius 3 is 2.62 bits per heavy atom. The van der Waals surface area contributed by atoms with Crippen LogP contribution in [0.25, 0.3) is 6.08 Å². The van der Waals surface area contributed by atoms with Crippen molar-refractivity contribution in [2.24, 2.45) is 5.92 Å². The number of aromatic amines is 1. The Balaban J connectivity index is 1.50. The molecule has 3 N–H and O–H groups in total. The van der Waals surface area contributed by atoms with E-state index in [1.54, 1.807) is 44.2 Å². The number of hydrogen-bond donors (Lipinski definition) is 3. The molecular weight excluding hydrogens is 633 g/mol. The molecule has 14 heteroatoms. The van der Waals surface area contributed by atoms with Gasteiger partial charge in [-0.3, -0.25) is 23.7 Å². The second-order valence-electron chi connectivity index (χ2n) is 10.7. The molecule has 230 valence electrons. The number of esters is 1. The number of nitrogens with zero attached hydrogens (tertiary/aromatic N) is 1. The zero-order valence-corrected chi connectivity index (χ0v) is 26.0. The summed E-state index contributed by atoms with van der Waals surface area (Å²) in [5, 5.41) is 13.5. The molecule has 1 aromatic heterocycles. The van der Waals surface area contributed by atoms with Gasteiger partial charge in [0.1, 0.15) is 30.2 Å². The number of benzene rings is 1. The number of para-hydroxylation sites is 1. The smallest absolute Gasteiger partial charge is 0.459 e. The van der Waals surface area contributed by atoms with Crippen molar-refractivity contribution in [2.45, 2.75) is 83.0 Å². The summed E-state index contributed by atoms with van der Waals surface area (Å²) in [6.45, 7) is 3.20. The molecule has 2 heterocycles. The largest absolute Gasteiger partial charge is 0.461 e. The van der Waals surface area contributed by atoms with Crippen LogP contribution in [0.2, 0.25) is 0 Å². The fourth-order valence-electron chi connectivity index (χ4n) is 4.88. The summed E-state index contributed by atoms with van der Waals surface area (Å²) in [6.07, 6.45) is 4.27. The number of rotatable bonds is 12. The van der Waals surface area contributed by atoms with E-state index in [1.165, 1.54) is 21.8 Å². The lowest BCUT2D eigenvalue weighted by atomic mass is 9.97. The third-order valence-corrected chi connectivity index (χ3v) is 8.98. The van der Waals surface area contributed by atoms with E-state index in [2.05, 4.69) is 26.0 Å². The lowest BCUT2D eigenvalue weighted by Gasteiger charge is -2.29. The van der Waals surface area contributed by atoms with E-state index in [9.17, 15) is 24.1 Å². The first kappa shape index (κ1) is 32.4. The van der Waals surface area contributed by atoms with Gasteiger partial charge in [-0.05, 0) is 54.8 Å². The van der Waals surface area contributed by atoms with Crippen LogP contribution in [0.1, 0.15) is 64.2 Å². The number of aromatic nitrogens is 2. The molecule has 4 rings (SSSR count). The van der Waals surface area contributed by atoms with Gasteiger partial charge in [-0.2, -0.15) is 5.09 Å². The van der Waals surface area contributed by atoms with Gasteiger partial charge >= 0.3 is 19.4 Å². The highest BCUT2D eigenvalue weighted by Gasteiger charge is 2.41. The molecule has 12 nitrogen and oxygen atoms in total. The Labute approximate surface area is 252 Å². The van der Waals surface area contributed by atoms with Crippen LogP contribution in [0.5, 0.6) is 5.75 Å². The molecule has 42 heavy (non-hydrogen) atoms. The molecule has 1 aliphatic carbocycles. The van der Waals surface area contributed by atoms with Crippen LogP contribution in [0, 0.1) is 5.92 Å². The monoisotopic (exact) mass is 669 g/mol. The molecule has 0 amide bonds. The van der Waals surface area contributed by atoms with Crippen molar-refractivity contribution in [1.29, 1.82) is 0 Å². The van der Waals surface area contributed by atoms with Gasteiger partial charge in [0.05, 0.1) is 18.3 Å². The highest BCUT2D eigenvalue weighted by atomic mass is 79.9. The number of aliphatic hydroxyl groups is 1. The summed E-state index contributed by atoms with van der Waals surface area (Å²) < 4.78 is 38.5. The predicted molar refractivity (Wildman–Crippen MR) is 159 cm³/mol. The molecule has 2 fully saturated rings. The fraction of sp³-hybridized carbons (Fsp3) is 0.536. The lowest BCUT2D eigenvalue weighted by molar-refractivity contribution is -0.153. The molecule has 1 aliphatic heterocycles. The summed E-state index contributed by atoms with van der Waals surface area (Å²) in [7, 11) is -4.23. The Hall–Kier alpha value is -2.54. The van der Waals surface area contributed by atoms with Crippen molar-refractivity contribution in [3.05, 3.63) is 67.9 Å². The van der Waals surface area contributed by atoms with E-state index >= 15 is 0 Å². The third kappa shape index (κ3) is 8.52. The number of carbonyl (C=O) groups is 1. The first-order valence-corrected chi connectivity index (χ1v) is 16.5. The maximum absolute atomic E-state index is 14.1. The van der Waals surface area contributed by atoms with E-state index in [0.29, 0.717) is 0 Å². The Morgan fingerprint density at radius 1 is 1.24 bits per heavy atom. The van der Waals surface area contributed by atoms with Crippen molar-refractivity contribution >= 4 is 35.7 Å². The zero-order valence-electron chi connectivity index (χ0n) is 23.5. The second kappa shape index (κ2) is 14.8. The number of hydrogen-bond acceptors (Lipinski definition) is 9. The molecule has 4 unspecified atom stereocenters. The Morgan fingerprint density at radius 2 is 1.95 bits per heavy atom. The molecular formula is C28H37BrN3O9P. The van der Waals surface area contributed by atoms with Crippen LogP contribution in [0.15, 0.2) is 51.1 Å². The van der Waals surface area contributed by atoms with Crippen LogP contribution in [-0.4, -0.2) is 51.6 Å². The lowest BCUT2D eigenvalue weighted by Crippen LogP contribution is -2.43. The average molecular weight is 670 g/mol.